The van der Waals surface area contributed by atoms with Crippen LogP contribution in [0.25, 0.3) is 0 Å². The third-order valence-corrected chi connectivity index (χ3v) is 4.33. The average Bonchev–Trinajstić information content (AvgIpc) is 2.69. The summed E-state index contributed by atoms with van der Waals surface area (Å²) in [6, 6.07) is 11.9. The van der Waals surface area contributed by atoms with E-state index in [4.69, 9.17) is 4.74 Å². The molecule has 0 radical (unpaired) electrons. The number of hydrogen-bond donors (Lipinski definition) is 1. The van der Waals surface area contributed by atoms with Crippen molar-refractivity contribution in [2.75, 3.05) is 51.3 Å². The summed E-state index contributed by atoms with van der Waals surface area (Å²) in [6.45, 7) is 4.85. The van der Waals surface area contributed by atoms with Crippen LogP contribution in [0.4, 0.5) is 11.4 Å². The number of carbonyl (C=O) groups is 1. The van der Waals surface area contributed by atoms with Crippen LogP contribution in [0, 0.1) is 0 Å². The van der Waals surface area contributed by atoms with E-state index in [0.717, 1.165) is 44.2 Å². The molecule has 0 aliphatic carbocycles. The van der Waals surface area contributed by atoms with Gasteiger partial charge in [0, 0.05) is 45.1 Å². The molecule has 0 atom stereocenters. The maximum absolute atomic E-state index is 12.4. The van der Waals surface area contributed by atoms with Crippen molar-refractivity contribution in [1.29, 1.82) is 0 Å². The van der Waals surface area contributed by atoms with E-state index in [-0.39, 0.29) is 5.91 Å². The molecule has 1 amide bonds. The van der Waals surface area contributed by atoms with Gasteiger partial charge in [0.1, 0.15) is 0 Å². The van der Waals surface area contributed by atoms with Gasteiger partial charge in [0.2, 0.25) is 0 Å². The first kappa shape index (κ1) is 17.4. The smallest absolute Gasteiger partial charge is 0.252 e. The topological polar surface area (TPSA) is 57.7 Å². The van der Waals surface area contributed by atoms with Gasteiger partial charge in [-0.2, -0.15) is 0 Å². The first-order valence-corrected chi connectivity index (χ1v) is 8.56. The number of carbonyl (C=O) groups excluding carboxylic acids is 1. The van der Waals surface area contributed by atoms with Gasteiger partial charge in [-0.1, -0.05) is 18.2 Å². The summed E-state index contributed by atoms with van der Waals surface area (Å²) >= 11 is 0. The van der Waals surface area contributed by atoms with Gasteiger partial charge >= 0.3 is 0 Å². The molecule has 2 heterocycles. The van der Waals surface area contributed by atoms with Gasteiger partial charge < -0.3 is 15.0 Å². The third kappa shape index (κ3) is 4.78. The van der Waals surface area contributed by atoms with E-state index >= 15 is 0 Å². The highest BCUT2D eigenvalue weighted by molar-refractivity contribution is 5.94. The summed E-state index contributed by atoms with van der Waals surface area (Å²) in [6.07, 6.45) is 3.36. The second-order valence-electron chi connectivity index (χ2n) is 6.04. The molecule has 1 N–H and O–H groups in total. The predicted molar refractivity (Wildman–Crippen MR) is 98.3 cm³/mol. The number of pyridine rings is 1. The van der Waals surface area contributed by atoms with E-state index in [1.165, 1.54) is 0 Å². The fraction of sp³-hybridized carbons (Fsp3) is 0.368. The number of anilines is 2. The largest absolute Gasteiger partial charge is 0.379 e. The molecule has 0 unspecified atom stereocenters. The van der Waals surface area contributed by atoms with Gasteiger partial charge in [-0.15, -0.1) is 0 Å². The van der Waals surface area contributed by atoms with Crippen molar-refractivity contribution < 1.29 is 9.53 Å². The lowest BCUT2D eigenvalue weighted by Crippen LogP contribution is -2.41. The first-order chi connectivity index (χ1) is 12.2. The Balaban J connectivity index is 1.57. The summed E-state index contributed by atoms with van der Waals surface area (Å²) in [7, 11) is 1.96. The molecule has 25 heavy (non-hydrogen) atoms. The van der Waals surface area contributed by atoms with Crippen LogP contribution < -0.4 is 10.2 Å². The second-order valence-corrected chi connectivity index (χ2v) is 6.04. The molecule has 1 fully saturated rings. The maximum Gasteiger partial charge on any atom is 0.252 e. The highest BCUT2D eigenvalue weighted by Crippen LogP contribution is 2.22. The molecule has 0 saturated carbocycles. The van der Waals surface area contributed by atoms with E-state index in [1.807, 2.05) is 48.3 Å². The summed E-state index contributed by atoms with van der Waals surface area (Å²) in [5.41, 5.74) is 2.50. The quantitative estimate of drug-likeness (QED) is 0.871. The van der Waals surface area contributed by atoms with Crippen molar-refractivity contribution in [2.45, 2.75) is 0 Å². The Kier molecular flexibility index (Phi) is 5.98. The second kappa shape index (κ2) is 8.60. The molecule has 1 aliphatic rings. The molecular formula is C19H24N4O2. The van der Waals surface area contributed by atoms with Crippen molar-refractivity contribution in [1.82, 2.24) is 15.2 Å². The average molecular weight is 340 g/mol. The van der Waals surface area contributed by atoms with E-state index in [1.54, 1.807) is 12.4 Å². The zero-order chi connectivity index (χ0) is 17.5. The number of amides is 1. The highest BCUT2D eigenvalue weighted by Gasteiger charge is 2.12. The lowest BCUT2D eigenvalue weighted by molar-refractivity contribution is 0.0383. The fourth-order valence-corrected chi connectivity index (χ4v) is 2.79. The molecule has 1 aliphatic heterocycles. The van der Waals surface area contributed by atoms with E-state index in [0.29, 0.717) is 12.1 Å². The van der Waals surface area contributed by atoms with E-state index in [9.17, 15) is 4.79 Å². The van der Waals surface area contributed by atoms with Crippen molar-refractivity contribution in [3.63, 3.8) is 0 Å². The zero-order valence-electron chi connectivity index (χ0n) is 14.5. The Labute approximate surface area is 148 Å². The molecular weight excluding hydrogens is 316 g/mol. The highest BCUT2D eigenvalue weighted by atomic mass is 16.5. The van der Waals surface area contributed by atoms with Gasteiger partial charge in [-0.25, -0.2) is 0 Å². The molecule has 1 aromatic heterocycles. The summed E-state index contributed by atoms with van der Waals surface area (Å²) in [5.74, 6) is -0.0935. The van der Waals surface area contributed by atoms with E-state index < -0.39 is 0 Å². The number of para-hydroxylation sites is 1. The van der Waals surface area contributed by atoms with Gasteiger partial charge in [0.15, 0.2) is 0 Å². The number of nitrogens with one attached hydrogen (secondary N) is 1. The summed E-state index contributed by atoms with van der Waals surface area (Å²) in [5, 5.41) is 2.97. The lowest BCUT2D eigenvalue weighted by Gasteiger charge is -2.26. The van der Waals surface area contributed by atoms with E-state index in [2.05, 4.69) is 15.2 Å². The minimum Gasteiger partial charge on any atom is -0.379 e. The molecule has 0 bridgehead atoms. The molecule has 3 rings (SSSR count). The van der Waals surface area contributed by atoms with Crippen molar-refractivity contribution in [3.8, 4) is 0 Å². The number of ether oxygens (including phenoxy) is 1. The molecule has 6 heteroatoms. The number of rotatable bonds is 6. The number of nitrogens with zero attached hydrogens (tertiary/aromatic N) is 3. The summed E-state index contributed by atoms with van der Waals surface area (Å²) in [4.78, 5) is 20.9. The maximum atomic E-state index is 12.4. The zero-order valence-corrected chi connectivity index (χ0v) is 14.5. The fourth-order valence-electron chi connectivity index (χ4n) is 2.79. The SMILES string of the molecule is CN(c1ccccc1)c1cncc(C(=O)NCCN2CCOCC2)c1. The van der Waals surface area contributed by atoms with Crippen LogP contribution in [0.5, 0.6) is 0 Å². The molecule has 0 spiro atoms. The number of morpholine rings is 1. The van der Waals surface area contributed by atoms with Crippen molar-refractivity contribution in [3.05, 3.63) is 54.4 Å². The van der Waals surface area contributed by atoms with Crippen LogP contribution in [0.15, 0.2) is 48.8 Å². The standard InChI is InChI=1S/C19H24N4O2/c1-22(17-5-3-2-4-6-17)18-13-16(14-20-15-18)19(24)21-7-8-23-9-11-25-12-10-23/h2-6,13-15H,7-12H2,1H3,(H,21,24). The van der Waals surface area contributed by atoms with Crippen molar-refractivity contribution >= 4 is 17.3 Å². The Bertz CT molecular complexity index is 687. The van der Waals surface area contributed by atoms with Crippen LogP contribution >= 0.6 is 0 Å². The Morgan fingerprint density at radius 2 is 1.96 bits per heavy atom. The van der Waals surface area contributed by atoms with Crippen LogP contribution in [0.1, 0.15) is 10.4 Å². The van der Waals surface area contributed by atoms with Crippen LogP contribution in [0.3, 0.4) is 0 Å². The van der Waals surface area contributed by atoms with Crippen LogP contribution in [-0.4, -0.2) is 62.2 Å². The molecule has 6 nitrogen and oxygen atoms in total. The molecule has 1 aromatic carbocycles. The van der Waals surface area contributed by atoms with Gasteiger partial charge in [-0.05, 0) is 18.2 Å². The Hall–Kier alpha value is -2.44. The van der Waals surface area contributed by atoms with Gasteiger partial charge in [0.05, 0.1) is 30.7 Å². The Morgan fingerprint density at radius 1 is 1.20 bits per heavy atom. The lowest BCUT2D eigenvalue weighted by atomic mass is 10.2. The van der Waals surface area contributed by atoms with Crippen molar-refractivity contribution in [2.24, 2.45) is 0 Å². The normalized spacial score (nSPS) is 14.9. The van der Waals surface area contributed by atoms with Crippen LogP contribution in [0.2, 0.25) is 0 Å². The van der Waals surface area contributed by atoms with Gasteiger partial charge in [-0.3, -0.25) is 14.7 Å². The molecule has 1 saturated heterocycles. The third-order valence-electron chi connectivity index (χ3n) is 4.33. The summed E-state index contributed by atoms with van der Waals surface area (Å²) < 4.78 is 5.33. The monoisotopic (exact) mass is 340 g/mol. The van der Waals surface area contributed by atoms with Crippen LogP contribution in [-0.2, 0) is 4.74 Å². The predicted octanol–water partition coefficient (Wildman–Crippen LogP) is 1.91. The number of aromatic nitrogens is 1. The number of hydrogen-bond acceptors (Lipinski definition) is 5. The number of benzene rings is 1. The molecule has 2 aromatic rings. The Morgan fingerprint density at radius 3 is 2.72 bits per heavy atom. The molecule has 132 valence electrons. The minimum absolute atomic E-state index is 0.0935. The minimum atomic E-state index is -0.0935. The first-order valence-electron chi connectivity index (χ1n) is 8.56. The van der Waals surface area contributed by atoms with Gasteiger partial charge in [0.25, 0.3) is 5.91 Å².